The van der Waals surface area contributed by atoms with Crippen LogP contribution in [-0.4, -0.2) is 31.2 Å². The fourth-order valence-electron chi connectivity index (χ4n) is 3.44. The summed E-state index contributed by atoms with van der Waals surface area (Å²) in [5.41, 5.74) is 2.61. The van der Waals surface area contributed by atoms with Gasteiger partial charge in [-0.2, -0.15) is 0 Å². The number of nitrogens with zero attached hydrogens (tertiary/aromatic N) is 4. The number of phenolic OH excluding ortho intramolecular Hbond substituents is 2. The van der Waals surface area contributed by atoms with Crippen molar-refractivity contribution in [2.24, 2.45) is 4.99 Å². The number of aromatic nitrogens is 3. The Morgan fingerprint density at radius 3 is 2.28 bits per heavy atom. The molecule has 5 aromatic rings. The predicted octanol–water partition coefficient (Wildman–Crippen LogP) is 4.39. The Morgan fingerprint density at radius 2 is 1.59 bits per heavy atom. The highest BCUT2D eigenvalue weighted by molar-refractivity contribution is 6.08. The molecule has 0 saturated carbocycles. The van der Waals surface area contributed by atoms with Gasteiger partial charge in [0, 0.05) is 39.7 Å². The topological polar surface area (TPSA) is 96.7 Å². The number of aliphatic imine (C=N–C) groups is 1. The van der Waals surface area contributed by atoms with E-state index in [1.165, 1.54) is 29.1 Å². The normalized spacial score (nSPS) is 11.7. The zero-order chi connectivity index (χ0) is 19.8. The van der Waals surface area contributed by atoms with Crippen molar-refractivity contribution in [3.05, 3.63) is 78.2 Å². The van der Waals surface area contributed by atoms with E-state index in [-0.39, 0.29) is 17.5 Å². The van der Waals surface area contributed by atoms with Crippen LogP contribution in [0.15, 0.2) is 76.1 Å². The van der Waals surface area contributed by atoms with Crippen LogP contribution in [0, 0.1) is 0 Å². The summed E-state index contributed by atoms with van der Waals surface area (Å²) in [6.07, 6.45) is 1.41. The molecule has 0 aliphatic rings. The number of para-hydroxylation sites is 2. The van der Waals surface area contributed by atoms with Crippen LogP contribution in [0.3, 0.4) is 0 Å². The first-order valence-corrected chi connectivity index (χ1v) is 9.03. The smallest absolute Gasteiger partial charge is 0.342 e. The third-order valence-electron chi connectivity index (χ3n) is 4.76. The summed E-state index contributed by atoms with van der Waals surface area (Å²) in [6, 6.07) is 20.7. The predicted molar refractivity (Wildman–Crippen MR) is 110 cm³/mol. The van der Waals surface area contributed by atoms with Gasteiger partial charge in [0.05, 0.1) is 0 Å². The Bertz CT molecular complexity index is 1310. The quantitative estimate of drug-likeness (QED) is 0.448. The molecular formula is C22H16N4O3. The maximum Gasteiger partial charge on any atom is 0.342 e. The summed E-state index contributed by atoms with van der Waals surface area (Å²) in [5.74, 6) is 0.322. The van der Waals surface area contributed by atoms with E-state index in [0.29, 0.717) is 18.0 Å². The zero-order valence-corrected chi connectivity index (χ0v) is 15.2. The average Bonchev–Trinajstić information content (AvgIpc) is 3.31. The second-order valence-corrected chi connectivity index (χ2v) is 6.60. The summed E-state index contributed by atoms with van der Waals surface area (Å²) in [6.45, 7) is 0.418. The molecule has 0 radical (unpaired) electrons. The second-order valence-electron chi connectivity index (χ2n) is 6.60. The van der Waals surface area contributed by atoms with Crippen molar-refractivity contribution < 1.29 is 14.6 Å². The summed E-state index contributed by atoms with van der Waals surface area (Å²) >= 11 is 0. The first-order valence-electron chi connectivity index (χ1n) is 9.03. The van der Waals surface area contributed by atoms with Gasteiger partial charge in [-0.05, 0) is 24.3 Å². The molecule has 0 amide bonds. The van der Waals surface area contributed by atoms with Crippen LogP contribution in [0.25, 0.3) is 21.8 Å². The van der Waals surface area contributed by atoms with E-state index in [2.05, 4.69) is 44.0 Å². The third-order valence-corrected chi connectivity index (χ3v) is 4.76. The van der Waals surface area contributed by atoms with E-state index < -0.39 is 0 Å². The van der Waals surface area contributed by atoms with Crippen LogP contribution >= 0.6 is 0 Å². The molecule has 2 heterocycles. The van der Waals surface area contributed by atoms with Gasteiger partial charge < -0.3 is 19.2 Å². The lowest BCUT2D eigenvalue weighted by atomic mass is 10.2. The molecule has 7 heteroatoms. The van der Waals surface area contributed by atoms with Crippen molar-refractivity contribution in [3.63, 3.8) is 0 Å². The highest BCUT2D eigenvalue weighted by atomic mass is 16.4. The number of fused-ring (bicyclic) bond motifs is 3. The highest BCUT2D eigenvalue weighted by Crippen LogP contribution is 2.29. The molecule has 3 aromatic carbocycles. The molecule has 0 aliphatic carbocycles. The van der Waals surface area contributed by atoms with Gasteiger partial charge in [0.25, 0.3) is 0 Å². The molecule has 29 heavy (non-hydrogen) atoms. The van der Waals surface area contributed by atoms with Crippen molar-refractivity contribution >= 4 is 34.0 Å². The van der Waals surface area contributed by atoms with Gasteiger partial charge in [0.15, 0.2) is 0 Å². The summed E-state index contributed by atoms with van der Waals surface area (Å²) in [5, 5.41) is 29.6. The Morgan fingerprint density at radius 1 is 0.897 bits per heavy atom. The molecule has 7 nitrogen and oxygen atoms in total. The summed E-state index contributed by atoms with van der Waals surface area (Å²) < 4.78 is 7.80. The van der Waals surface area contributed by atoms with Gasteiger partial charge in [-0.15, -0.1) is 5.10 Å². The Kier molecular flexibility index (Phi) is 3.98. The SMILES string of the molecule is Oc1ccc(/C=N/c2nnc(Cn3c4ccccc4c4ccccc43)o2)c(O)c1. The van der Waals surface area contributed by atoms with Crippen molar-refractivity contribution in [1.29, 1.82) is 0 Å². The number of hydrogen-bond acceptors (Lipinski definition) is 6. The van der Waals surface area contributed by atoms with Crippen molar-refractivity contribution in [2.45, 2.75) is 6.54 Å². The monoisotopic (exact) mass is 384 g/mol. The van der Waals surface area contributed by atoms with Crippen LogP contribution < -0.4 is 0 Å². The van der Waals surface area contributed by atoms with Gasteiger partial charge >= 0.3 is 6.01 Å². The van der Waals surface area contributed by atoms with E-state index in [1.807, 2.05) is 24.3 Å². The number of hydrogen-bond donors (Lipinski definition) is 2. The molecule has 0 spiro atoms. The fraction of sp³-hybridized carbons (Fsp3) is 0.0455. The minimum Gasteiger partial charge on any atom is -0.508 e. The third kappa shape index (κ3) is 3.08. The molecule has 5 rings (SSSR count). The highest BCUT2D eigenvalue weighted by Gasteiger charge is 2.13. The Labute approximate surface area is 165 Å². The molecule has 0 aliphatic heterocycles. The Hall–Kier alpha value is -4.13. The molecule has 0 bridgehead atoms. The number of phenols is 2. The number of aromatic hydroxyl groups is 2. The van der Waals surface area contributed by atoms with Crippen molar-refractivity contribution in [1.82, 2.24) is 14.8 Å². The standard InChI is InChI=1S/C22H16N4O3/c27-15-10-9-14(20(28)11-15)12-23-22-25-24-21(29-22)13-26-18-7-3-1-5-16(18)17-6-2-4-8-19(17)26/h1-12,27-28H,13H2/b23-12+. The van der Waals surface area contributed by atoms with Crippen LogP contribution in [0.4, 0.5) is 6.01 Å². The van der Waals surface area contributed by atoms with E-state index in [9.17, 15) is 10.2 Å². The Balaban J connectivity index is 1.47. The van der Waals surface area contributed by atoms with E-state index in [4.69, 9.17) is 4.42 Å². The largest absolute Gasteiger partial charge is 0.508 e. The van der Waals surface area contributed by atoms with Crippen LogP contribution in [0.1, 0.15) is 11.5 Å². The lowest BCUT2D eigenvalue weighted by Crippen LogP contribution is -1.99. The van der Waals surface area contributed by atoms with Gasteiger partial charge in [0.2, 0.25) is 5.89 Å². The van der Waals surface area contributed by atoms with Gasteiger partial charge in [-0.3, -0.25) is 0 Å². The average molecular weight is 384 g/mol. The lowest BCUT2D eigenvalue weighted by molar-refractivity contribution is 0.450. The molecule has 142 valence electrons. The molecule has 2 aromatic heterocycles. The molecule has 0 atom stereocenters. The molecular weight excluding hydrogens is 368 g/mol. The second kappa shape index (κ2) is 6.79. The van der Waals surface area contributed by atoms with Gasteiger partial charge in [-0.25, -0.2) is 4.99 Å². The fourth-order valence-corrected chi connectivity index (χ4v) is 3.44. The number of rotatable bonds is 4. The van der Waals surface area contributed by atoms with E-state index in [0.717, 1.165) is 11.0 Å². The van der Waals surface area contributed by atoms with Crippen molar-refractivity contribution in [3.8, 4) is 11.5 Å². The lowest BCUT2D eigenvalue weighted by Gasteiger charge is -2.03. The molecule has 0 fully saturated rings. The minimum absolute atomic E-state index is 0.0223. The van der Waals surface area contributed by atoms with Crippen LogP contribution in [0.5, 0.6) is 11.5 Å². The molecule has 0 saturated heterocycles. The first-order chi connectivity index (χ1) is 14.2. The van der Waals surface area contributed by atoms with E-state index >= 15 is 0 Å². The maximum atomic E-state index is 9.83. The first kappa shape index (κ1) is 17.0. The van der Waals surface area contributed by atoms with Crippen molar-refractivity contribution in [2.75, 3.05) is 0 Å². The van der Waals surface area contributed by atoms with Crippen LogP contribution in [0.2, 0.25) is 0 Å². The number of benzene rings is 3. The molecule has 2 N–H and O–H groups in total. The van der Waals surface area contributed by atoms with Crippen LogP contribution in [-0.2, 0) is 6.54 Å². The maximum absolute atomic E-state index is 9.83. The summed E-state index contributed by atoms with van der Waals surface area (Å²) in [7, 11) is 0. The zero-order valence-electron chi connectivity index (χ0n) is 15.2. The van der Waals surface area contributed by atoms with Gasteiger partial charge in [-0.1, -0.05) is 41.5 Å². The van der Waals surface area contributed by atoms with E-state index in [1.54, 1.807) is 6.07 Å². The minimum atomic E-state index is -0.0845. The van der Waals surface area contributed by atoms with Gasteiger partial charge in [0.1, 0.15) is 18.0 Å². The molecule has 0 unspecified atom stereocenters. The summed E-state index contributed by atoms with van der Waals surface area (Å²) in [4.78, 5) is 4.13.